The molecule has 0 fully saturated rings. The summed E-state index contributed by atoms with van der Waals surface area (Å²) >= 11 is 0. The van der Waals surface area contributed by atoms with Gasteiger partial charge in [0.15, 0.2) is 5.96 Å². The monoisotopic (exact) mass is 486 g/mol. The van der Waals surface area contributed by atoms with Gasteiger partial charge in [-0.25, -0.2) is 4.79 Å². The second-order valence-electron chi connectivity index (χ2n) is 8.67. The van der Waals surface area contributed by atoms with Gasteiger partial charge >= 0.3 is 5.97 Å². The Morgan fingerprint density at radius 3 is 1.85 bits per heavy atom. The summed E-state index contributed by atoms with van der Waals surface area (Å²) in [6.07, 6.45) is 2.25. The summed E-state index contributed by atoms with van der Waals surface area (Å²) in [5.41, 5.74) is 21.7. The minimum Gasteiger partial charge on any atom is -0.480 e. The number of aliphatic carboxylic acids is 1. The summed E-state index contributed by atoms with van der Waals surface area (Å²) in [7, 11) is 0. The molecule has 12 N–H and O–H groups in total. The van der Waals surface area contributed by atoms with Crippen LogP contribution in [0, 0.1) is 5.92 Å². The molecule has 3 amide bonds. The van der Waals surface area contributed by atoms with E-state index in [0.29, 0.717) is 25.8 Å². The molecule has 0 aromatic rings. The Morgan fingerprint density at radius 2 is 1.35 bits per heavy atom. The van der Waals surface area contributed by atoms with Crippen molar-refractivity contribution in [1.82, 2.24) is 16.0 Å². The molecule has 0 radical (unpaired) electrons. The fourth-order valence-electron chi connectivity index (χ4n) is 3.07. The van der Waals surface area contributed by atoms with Gasteiger partial charge in [0.2, 0.25) is 17.7 Å². The average molecular weight is 487 g/mol. The highest BCUT2D eigenvalue weighted by Crippen LogP contribution is 2.09. The lowest BCUT2D eigenvalue weighted by molar-refractivity contribution is -0.142. The molecule has 0 aromatic heterocycles. The predicted octanol–water partition coefficient (Wildman–Crippen LogP) is -1.90. The number of nitrogens with one attached hydrogen (secondary N) is 3. The second-order valence-corrected chi connectivity index (χ2v) is 8.67. The average Bonchev–Trinajstić information content (AvgIpc) is 2.73. The largest absolute Gasteiger partial charge is 0.480 e. The predicted molar refractivity (Wildman–Crippen MR) is 129 cm³/mol. The Bertz CT molecular complexity index is 695. The van der Waals surface area contributed by atoms with Crippen molar-refractivity contribution in [2.24, 2.45) is 33.8 Å². The number of guanidine groups is 1. The van der Waals surface area contributed by atoms with Crippen LogP contribution in [0.15, 0.2) is 4.99 Å². The lowest BCUT2D eigenvalue weighted by Gasteiger charge is -2.26. The zero-order chi connectivity index (χ0) is 26.3. The number of rotatable bonds is 17. The van der Waals surface area contributed by atoms with E-state index in [2.05, 4.69) is 20.9 Å². The maximum absolute atomic E-state index is 13.0. The molecular formula is C21H42N8O5. The maximum Gasteiger partial charge on any atom is 0.326 e. The molecule has 0 heterocycles. The normalized spacial score (nSPS) is 14.4. The third kappa shape index (κ3) is 13.6. The van der Waals surface area contributed by atoms with Crippen LogP contribution in [0.25, 0.3) is 0 Å². The number of hydrogen-bond donors (Lipinski definition) is 8. The number of carboxylic acids is 1. The first-order valence-corrected chi connectivity index (χ1v) is 11.5. The summed E-state index contributed by atoms with van der Waals surface area (Å²) in [6, 6.07) is -3.90. The minimum absolute atomic E-state index is 0.0236. The molecule has 0 saturated carbocycles. The minimum atomic E-state index is -1.17. The molecule has 0 saturated heterocycles. The summed E-state index contributed by atoms with van der Waals surface area (Å²) in [6.45, 7) is 5.89. The van der Waals surface area contributed by atoms with Gasteiger partial charge < -0.3 is 44.0 Å². The van der Waals surface area contributed by atoms with Crippen molar-refractivity contribution < 1.29 is 24.3 Å². The summed E-state index contributed by atoms with van der Waals surface area (Å²) < 4.78 is 0. The molecule has 4 unspecified atom stereocenters. The van der Waals surface area contributed by atoms with Gasteiger partial charge in [-0.05, 0) is 57.9 Å². The molecule has 4 atom stereocenters. The number of carbonyl (C=O) groups excluding carboxylic acids is 3. The number of hydrogen-bond acceptors (Lipinski definition) is 7. The van der Waals surface area contributed by atoms with E-state index < -0.39 is 47.9 Å². The second kappa shape index (κ2) is 16.6. The van der Waals surface area contributed by atoms with E-state index >= 15 is 0 Å². The van der Waals surface area contributed by atoms with Crippen LogP contribution in [0.3, 0.4) is 0 Å². The molecule has 0 rings (SSSR count). The molecule has 13 heteroatoms. The van der Waals surface area contributed by atoms with Crippen LogP contribution in [0.4, 0.5) is 0 Å². The number of amides is 3. The number of nitrogens with two attached hydrogens (primary N) is 4. The van der Waals surface area contributed by atoms with Crippen molar-refractivity contribution in [3.63, 3.8) is 0 Å². The maximum atomic E-state index is 13.0. The molecular weight excluding hydrogens is 444 g/mol. The highest BCUT2D eigenvalue weighted by molar-refractivity contribution is 5.94. The number of nitrogens with zero attached hydrogens (tertiary/aromatic N) is 1. The van der Waals surface area contributed by atoms with Crippen molar-refractivity contribution in [2.75, 3.05) is 13.1 Å². The fraction of sp³-hybridized carbons (Fsp3) is 0.762. The van der Waals surface area contributed by atoms with Gasteiger partial charge in [-0.2, -0.15) is 0 Å². The van der Waals surface area contributed by atoms with Crippen molar-refractivity contribution in [3.05, 3.63) is 0 Å². The van der Waals surface area contributed by atoms with Crippen LogP contribution in [-0.2, 0) is 19.2 Å². The Labute approximate surface area is 200 Å². The van der Waals surface area contributed by atoms with Gasteiger partial charge in [-0.1, -0.05) is 13.8 Å². The van der Waals surface area contributed by atoms with Crippen LogP contribution in [0.5, 0.6) is 0 Å². The topological polar surface area (TPSA) is 241 Å². The van der Waals surface area contributed by atoms with Gasteiger partial charge in [0.05, 0.1) is 6.04 Å². The molecule has 0 aromatic carbocycles. The Morgan fingerprint density at radius 1 is 0.824 bits per heavy atom. The van der Waals surface area contributed by atoms with E-state index in [1.54, 1.807) is 0 Å². The van der Waals surface area contributed by atoms with Crippen LogP contribution in [-0.4, -0.2) is 72.0 Å². The number of unbranched alkanes of at least 4 members (excludes halogenated alkanes) is 1. The third-order valence-corrected chi connectivity index (χ3v) is 4.89. The van der Waals surface area contributed by atoms with Crippen molar-refractivity contribution in [2.45, 2.75) is 83.5 Å². The molecule has 196 valence electrons. The highest BCUT2D eigenvalue weighted by Gasteiger charge is 2.30. The molecule has 34 heavy (non-hydrogen) atoms. The first-order valence-electron chi connectivity index (χ1n) is 11.5. The molecule has 13 nitrogen and oxygen atoms in total. The molecule has 0 aliphatic heterocycles. The lowest BCUT2D eigenvalue weighted by Crippen LogP contribution is -2.57. The number of aliphatic imine (C=N–C) groups is 1. The molecule has 0 spiro atoms. The summed E-state index contributed by atoms with van der Waals surface area (Å²) in [4.78, 5) is 53.4. The fourth-order valence-corrected chi connectivity index (χ4v) is 3.07. The van der Waals surface area contributed by atoms with Gasteiger partial charge in [-0.15, -0.1) is 0 Å². The Kier molecular flexibility index (Phi) is 15.2. The first kappa shape index (κ1) is 31.1. The van der Waals surface area contributed by atoms with Gasteiger partial charge in [0.25, 0.3) is 0 Å². The summed E-state index contributed by atoms with van der Waals surface area (Å²) in [5.74, 6) is -2.96. The molecule has 0 aliphatic rings. The third-order valence-electron chi connectivity index (χ3n) is 4.89. The Hall–Kier alpha value is -2.93. The van der Waals surface area contributed by atoms with E-state index in [4.69, 9.17) is 22.9 Å². The van der Waals surface area contributed by atoms with Gasteiger partial charge in [0, 0.05) is 6.54 Å². The number of carbonyl (C=O) groups is 4. The quantitative estimate of drug-likeness (QED) is 0.0649. The molecule has 0 bridgehead atoms. The van der Waals surface area contributed by atoms with E-state index in [-0.39, 0.29) is 37.7 Å². The van der Waals surface area contributed by atoms with E-state index in [0.717, 1.165) is 0 Å². The zero-order valence-corrected chi connectivity index (χ0v) is 20.4. The Balaban J connectivity index is 5.42. The summed E-state index contributed by atoms with van der Waals surface area (Å²) in [5, 5.41) is 17.2. The van der Waals surface area contributed by atoms with Crippen LogP contribution in [0.1, 0.15) is 59.3 Å². The standard InChI is InChI=1S/C21H42N8O5/c1-12(2)11-16(19(32)28-15(20(33)34)7-4-5-9-22)29-18(31)14(27-17(30)13(3)23)8-6-10-26-21(24)25/h12-16H,4-11,22-23H2,1-3H3,(H,27,30)(H,28,32)(H,29,31)(H,33,34)(H4,24,25,26). The van der Waals surface area contributed by atoms with Gasteiger partial charge in [-0.3, -0.25) is 19.4 Å². The first-order chi connectivity index (χ1) is 15.9. The van der Waals surface area contributed by atoms with E-state index in [1.807, 2.05) is 13.8 Å². The van der Waals surface area contributed by atoms with Crippen LogP contribution >= 0.6 is 0 Å². The zero-order valence-electron chi connectivity index (χ0n) is 20.4. The van der Waals surface area contributed by atoms with Crippen LogP contribution in [0.2, 0.25) is 0 Å². The van der Waals surface area contributed by atoms with Crippen molar-refractivity contribution in [3.8, 4) is 0 Å². The molecule has 0 aliphatic carbocycles. The van der Waals surface area contributed by atoms with Crippen molar-refractivity contribution >= 4 is 29.7 Å². The van der Waals surface area contributed by atoms with Gasteiger partial charge in [0.1, 0.15) is 18.1 Å². The van der Waals surface area contributed by atoms with E-state index in [1.165, 1.54) is 6.92 Å². The van der Waals surface area contributed by atoms with Crippen molar-refractivity contribution in [1.29, 1.82) is 0 Å². The van der Waals surface area contributed by atoms with E-state index in [9.17, 15) is 24.3 Å². The smallest absolute Gasteiger partial charge is 0.326 e. The van der Waals surface area contributed by atoms with Crippen LogP contribution < -0.4 is 38.9 Å². The highest BCUT2D eigenvalue weighted by atomic mass is 16.4. The SMILES string of the molecule is CC(C)CC(NC(=O)C(CCCN=C(N)N)NC(=O)C(C)N)C(=O)NC(CCCCN)C(=O)O. The number of carboxylic acid groups (broad SMARTS) is 1. The lowest BCUT2D eigenvalue weighted by atomic mass is 10.0.